The summed E-state index contributed by atoms with van der Waals surface area (Å²) in [7, 11) is -4.56. The number of carboxylic acids is 1. The molecule has 5 aromatic rings. The van der Waals surface area contributed by atoms with Gasteiger partial charge in [0.05, 0.1) is 18.3 Å². The standard InChI is InChI=1S/C29H20BrClF2N3O6PS/c30-26-13-18(7-8-21(26)17-43(39,41-32)42-33)16-36(23-11-9-22(31)10-12-23)29-35-34-27(44-29)19-3-1-5-24(14-19)40-25-6-2-4-20(15-25)28(37)38/h1-15H,16-17H2,(H,37,38). The largest absolute Gasteiger partial charge is 0.478 e. The summed E-state index contributed by atoms with van der Waals surface area (Å²) in [6.07, 6.45) is -0.616. The van der Waals surface area contributed by atoms with Gasteiger partial charge in [0.1, 0.15) is 16.5 Å². The SMILES string of the molecule is O=C(O)c1cccc(Oc2cccc(-c3nnc(N(Cc4ccc(CP(=O)(OF)OF)c(Br)c4)c4ccc(Cl)cc4)s3)c2)c1. The zero-order valence-corrected chi connectivity index (χ0v) is 26.3. The molecule has 5 rings (SSSR count). The molecule has 226 valence electrons. The maximum atomic E-state index is 12.6. The van der Waals surface area contributed by atoms with Crippen LogP contribution in [-0.4, -0.2) is 21.3 Å². The molecule has 44 heavy (non-hydrogen) atoms. The first kappa shape index (κ1) is 31.7. The van der Waals surface area contributed by atoms with Crippen LogP contribution in [-0.2, 0) is 26.7 Å². The maximum Gasteiger partial charge on any atom is 0.399 e. The van der Waals surface area contributed by atoms with Crippen LogP contribution in [0.1, 0.15) is 21.5 Å². The second-order valence-electron chi connectivity index (χ2n) is 9.25. The van der Waals surface area contributed by atoms with Crippen molar-refractivity contribution in [1.82, 2.24) is 10.2 Å². The van der Waals surface area contributed by atoms with Crippen molar-refractivity contribution in [2.75, 3.05) is 4.90 Å². The number of hydrogen-bond acceptors (Lipinski definition) is 9. The summed E-state index contributed by atoms with van der Waals surface area (Å²) < 4.78 is 49.9. The van der Waals surface area contributed by atoms with Crippen LogP contribution in [0.15, 0.2) is 95.5 Å². The maximum absolute atomic E-state index is 12.6. The Hall–Kier alpha value is -3.71. The fraction of sp³-hybridized carbons (Fsp3) is 0.0690. The molecule has 0 spiro atoms. The first-order valence-corrected chi connectivity index (χ1v) is 16.3. The van der Waals surface area contributed by atoms with Gasteiger partial charge in [-0.25, -0.2) is 4.79 Å². The van der Waals surface area contributed by atoms with Crippen LogP contribution in [0.25, 0.3) is 10.6 Å². The van der Waals surface area contributed by atoms with Crippen LogP contribution >= 0.6 is 46.5 Å². The summed E-state index contributed by atoms with van der Waals surface area (Å²) in [6.45, 7) is 0.315. The highest BCUT2D eigenvalue weighted by Gasteiger charge is 2.29. The number of anilines is 2. The third kappa shape index (κ3) is 7.68. The Morgan fingerprint density at radius 1 is 0.955 bits per heavy atom. The minimum Gasteiger partial charge on any atom is -0.478 e. The van der Waals surface area contributed by atoms with Crippen molar-refractivity contribution in [3.8, 4) is 22.1 Å². The molecule has 9 nitrogen and oxygen atoms in total. The highest BCUT2D eigenvalue weighted by molar-refractivity contribution is 9.10. The smallest absolute Gasteiger partial charge is 0.399 e. The van der Waals surface area contributed by atoms with E-state index >= 15 is 0 Å². The van der Waals surface area contributed by atoms with Crippen molar-refractivity contribution in [3.63, 3.8) is 0 Å². The number of aromatic nitrogens is 2. The van der Waals surface area contributed by atoms with Crippen LogP contribution in [0, 0.1) is 0 Å². The molecule has 0 unspecified atom stereocenters. The van der Waals surface area contributed by atoms with E-state index in [1.54, 1.807) is 60.7 Å². The summed E-state index contributed by atoms with van der Waals surface area (Å²) in [6, 6.07) is 25.5. The Balaban J connectivity index is 1.41. The summed E-state index contributed by atoms with van der Waals surface area (Å²) in [4.78, 5) is 13.2. The molecule has 0 radical (unpaired) electrons. The number of hydrogen-bond donors (Lipinski definition) is 1. The average Bonchev–Trinajstić information content (AvgIpc) is 3.52. The van der Waals surface area contributed by atoms with E-state index in [-0.39, 0.29) is 5.56 Å². The summed E-state index contributed by atoms with van der Waals surface area (Å²) >= 11 is 10.8. The van der Waals surface area contributed by atoms with E-state index in [4.69, 9.17) is 16.3 Å². The van der Waals surface area contributed by atoms with Crippen LogP contribution in [0.5, 0.6) is 11.5 Å². The number of carbonyl (C=O) groups is 1. The minimum atomic E-state index is -4.56. The van der Waals surface area contributed by atoms with E-state index in [0.717, 1.165) is 16.8 Å². The second-order valence-corrected chi connectivity index (χ2v) is 13.3. The topological polar surface area (TPSA) is 111 Å². The number of carboxylic acid groups (broad SMARTS) is 1. The lowest BCUT2D eigenvalue weighted by molar-refractivity contribution is -0.0881. The molecule has 1 N–H and O–H groups in total. The molecule has 0 saturated carbocycles. The quantitative estimate of drug-likeness (QED) is 0.126. The zero-order chi connectivity index (χ0) is 31.3. The zero-order valence-electron chi connectivity index (χ0n) is 22.3. The van der Waals surface area contributed by atoms with Gasteiger partial charge in [-0.2, -0.15) is 0 Å². The normalized spacial score (nSPS) is 11.4. The third-order valence-corrected chi connectivity index (χ3v) is 9.35. The number of aromatic carboxylic acids is 1. The molecule has 0 aliphatic carbocycles. The molecule has 0 bridgehead atoms. The van der Waals surface area contributed by atoms with Crippen molar-refractivity contribution in [1.29, 1.82) is 0 Å². The van der Waals surface area contributed by atoms with Gasteiger partial charge in [0.2, 0.25) is 5.13 Å². The number of halogens is 4. The molecule has 0 aliphatic rings. The highest BCUT2D eigenvalue weighted by atomic mass is 79.9. The predicted molar refractivity (Wildman–Crippen MR) is 166 cm³/mol. The summed E-state index contributed by atoms with van der Waals surface area (Å²) in [5, 5.41) is 19.8. The predicted octanol–water partition coefficient (Wildman–Crippen LogP) is 9.95. The van der Waals surface area contributed by atoms with Crippen LogP contribution in [0.2, 0.25) is 5.02 Å². The van der Waals surface area contributed by atoms with Crippen molar-refractivity contribution in [2.24, 2.45) is 0 Å². The number of benzene rings is 4. The van der Waals surface area contributed by atoms with Gasteiger partial charge < -0.3 is 14.7 Å². The van der Waals surface area contributed by atoms with Crippen LogP contribution < -0.4 is 9.64 Å². The molecule has 0 aliphatic heterocycles. The van der Waals surface area contributed by atoms with Gasteiger partial charge in [0.15, 0.2) is 0 Å². The molecular weight excluding hydrogens is 703 g/mol. The minimum absolute atomic E-state index is 0.110. The molecule has 15 heteroatoms. The Kier molecular flexibility index (Phi) is 10.0. The molecule has 0 atom stereocenters. The molecule has 1 heterocycles. The first-order valence-electron chi connectivity index (χ1n) is 12.6. The van der Waals surface area contributed by atoms with Crippen molar-refractivity contribution < 1.29 is 37.7 Å². The van der Waals surface area contributed by atoms with Gasteiger partial charge in [-0.1, -0.05) is 69.2 Å². The number of nitrogens with zero attached hydrogens (tertiary/aromatic N) is 3. The van der Waals surface area contributed by atoms with Crippen molar-refractivity contribution in [2.45, 2.75) is 12.7 Å². The van der Waals surface area contributed by atoms with E-state index in [2.05, 4.69) is 35.6 Å². The van der Waals surface area contributed by atoms with E-state index < -0.39 is 19.7 Å². The lowest BCUT2D eigenvalue weighted by atomic mass is 10.1. The van der Waals surface area contributed by atoms with E-state index in [9.17, 15) is 23.5 Å². The average molecular weight is 723 g/mol. The Morgan fingerprint density at radius 3 is 2.34 bits per heavy atom. The fourth-order valence-electron chi connectivity index (χ4n) is 4.12. The Morgan fingerprint density at radius 2 is 1.66 bits per heavy atom. The molecule has 4 aromatic carbocycles. The fourth-order valence-corrected chi connectivity index (χ4v) is 6.70. The van der Waals surface area contributed by atoms with Gasteiger partial charge in [0.25, 0.3) is 0 Å². The van der Waals surface area contributed by atoms with E-state index in [0.29, 0.717) is 43.2 Å². The van der Waals surface area contributed by atoms with Gasteiger partial charge in [-0.3, -0.25) is 4.57 Å². The van der Waals surface area contributed by atoms with E-state index in [1.165, 1.54) is 23.5 Å². The van der Waals surface area contributed by atoms with Gasteiger partial charge in [-0.05, 0) is 80.8 Å². The highest BCUT2D eigenvalue weighted by Crippen LogP contribution is 2.53. The monoisotopic (exact) mass is 721 g/mol. The Labute approximate surface area is 267 Å². The van der Waals surface area contributed by atoms with Crippen LogP contribution in [0.3, 0.4) is 0 Å². The summed E-state index contributed by atoms with van der Waals surface area (Å²) in [5.41, 5.74) is 2.72. The van der Waals surface area contributed by atoms with Crippen molar-refractivity contribution in [3.05, 3.63) is 117 Å². The van der Waals surface area contributed by atoms with Crippen LogP contribution in [0.4, 0.5) is 19.9 Å². The first-order chi connectivity index (χ1) is 21.2. The lowest BCUT2D eigenvalue weighted by Crippen LogP contribution is -2.16. The summed E-state index contributed by atoms with van der Waals surface area (Å²) in [5.74, 6) is -0.187. The van der Waals surface area contributed by atoms with E-state index in [1.807, 2.05) is 23.1 Å². The number of rotatable bonds is 12. The molecule has 0 amide bonds. The Bertz CT molecular complexity index is 1840. The third-order valence-electron chi connectivity index (χ3n) is 6.21. The van der Waals surface area contributed by atoms with Gasteiger partial charge >= 0.3 is 13.6 Å². The van der Waals surface area contributed by atoms with Gasteiger partial charge in [0, 0.05) is 20.7 Å². The second kappa shape index (κ2) is 13.9. The molecule has 0 saturated heterocycles. The molecular formula is C29H20BrClF2N3O6PS. The van der Waals surface area contributed by atoms with Crippen molar-refractivity contribution >= 4 is 63.3 Å². The molecule has 1 aromatic heterocycles. The lowest BCUT2D eigenvalue weighted by Gasteiger charge is -2.22. The van der Waals surface area contributed by atoms with Gasteiger partial charge in [-0.15, -0.1) is 19.7 Å². The molecule has 0 fully saturated rings. The number of ether oxygens (including phenoxy) is 1.